The maximum atomic E-state index is 11.2. The molecular formula is C16H26O4Si. The fourth-order valence-corrected chi connectivity index (χ4v) is 2.26. The van der Waals surface area contributed by atoms with Crippen LogP contribution in [-0.2, 0) is 26.0 Å². The van der Waals surface area contributed by atoms with Crippen molar-refractivity contribution >= 4 is 15.0 Å². The summed E-state index contributed by atoms with van der Waals surface area (Å²) in [5, 5.41) is 0. The van der Waals surface area contributed by atoms with Crippen molar-refractivity contribution in [2.75, 3.05) is 13.7 Å². The van der Waals surface area contributed by atoms with Gasteiger partial charge >= 0.3 is 5.97 Å². The van der Waals surface area contributed by atoms with E-state index < -0.39 is 9.04 Å². The second-order valence-electron chi connectivity index (χ2n) is 6.30. The summed E-state index contributed by atoms with van der Waals surface area (Å²) in [4.78, 5) is 11.2. The number of hydrogen-bond donors (Lipinski definition) is 0. The predicted octanol–water partition coefficient (Wildman–Crippen LogP) is 3.04. The van der Waals surface area contributed by atoms with E-state index in [1.165, 1.54) is 12.7 Å². The molecule has 0 aromatic heterocycles. The minimum absolute atomic E-state index is 0.0604. The highest BCUT2D eigenvalue weighted by molar-refractivity contribution is 6.48. The Balaban J connectivity index is 2.96. The van der Waals surface area contributed by atoms with Crippen LogP contribution in [0.15, 0.2) is 18.2 Å². The van der Waals surface area contributed by atoms with Crippen molar-refractivity contribution in [2.45, 2.75) is 45.9 Å². The van der Waals surface area contributed by atoms with Crippen LogP contribution in [0.1, 0.15) is 31.9 Å². The molecule has 0 saturated carbocycles. The van der Waals surface area contributed by atoms with Crippen LogP contribution in [0.4, 0.5) is 0 Å². The van der Waals surface area contributed by atoms with Crippen LogP contribution in [0.5, 0.6) is 5.75 Å². The molecule has 1 rings (SSSR count). The summed E-state index contributed by atoms with van der Waals surface area (Å²) < 4.78 is 16.0. The average Bonchev–Trinajstić information content (AvgIpc) is 2.41. The molecule has 0 spiro atoms. The lowest BCUT2D eigenvalue weighted by atomic mass is 9.86. The van der Waals surface area contributed by atoms with E-state index >= 15 is 0 Å². The topological polar surface area (TPSA) is 44.8 Å². The lowest BCUT2D eigenvalue weighted by Crippen LogP contribution is -2.16. The molecule has 0 aliphatic carbocycles. The van der Waals surface area contributed by atoms with Crippen LogP contribution in [0.2, 0.25) is 13.1 Å². The van der Waals surface area contributed by atoms with Gasteiger partial charge in [-0.25, -0.2) is 4.79 Å². The number of esters is 1. The zero-order chi connectivity index (χ0) is 16.0. The van der Waals surface area contributed by atoms with E-state index in [1.54, 1.807) is 0 Å². The third-order valence-electron chi connectivity index (χ3n) is 3.07. The summed E-state index contributed by atoms with van der Waals surface area (Å²) >= 11 is 0. The van der Waals surface area contributed by atoms with Gasteiger partial charge in [0.2, 0.25) is 0 Å². The van der Waals surface area contributed by atoms with Gasteiger partial charge in [0.25, 0.3) is 0 Å². The Hall–Kier alpha value is -1.33. The fourth-order valence-electron chi connectivity index (χ4n) is 1.75. The number of carbonyl (C=O) groups is 1. The van der Waals surface area contributed by atoms with Crippen LogP contribution < -0.4 is 4.74 Å². The van der Waals surface area contributed by atoms with Crippen molar-refractivity contribution in [2.24, 2.45) is 0 Å². The first-order chi connectivity index (χ1) is 9.74. The minimum atomic E-state index is -1.11. The highest BCUT2D eigenvalue weighted by atomic mass is 28.3. The lowest BCUT2D eigenvalue weighted by molar-refractivity contribution is -0.142. The molecule has 0 radical (unpaired) electrons. The summed E-state index contributed by atoms with van der Waals surface area (Å²) in [6.07, 6.45) is 0. The monoisotopic (exact) mass is 310 g/mol. The summed E-state index contributed by atoms with van der Waals surface area (Å²) in [5.41, 5.74) is 2.26. The van der Waals surface area contributed by atoms with E-state index in [0.717, 1.165) is 5.56 Å². The average molecular weight is 310 g/mol. The van der Waals surface area contributed by atoms with Crippen molar-refractivity contribution in [3.63, 3.8) is 0 Å². The van der Waals surface area contributed by atoms with Gasteiger partial charge in [-0.3, -0.25) is 0 Å². The molecule has 0 saturated heterocycles. The number of methoxy groups -OCH3 is 1. The maximum absolute atomic E-state index is 11.2. The SMILES string of the molecule is COC(=O)COc1ccc(C(C)(C)C)cc1CO[SiH](C)C. The van der Waals surface area contributed by atoms with Gasteiger partial charge < -0.3 is 13.9 Å². The highest BCUT2D eigenvalue weighted by Crippen LogP contribution is 2.28. The van der Waals surface area contributed by atoms with Gasteiger partial charge in [0.15, 0.2) is 15.6 Å². The van der Waals surface area contributed by atoms with E-state index in [2.05, 4.69) is 44.7 Å². The third-order valence-corrected chi connectivity index (χ3v) is 3.91. The molecule has 5 heteroatoms. The van der Waals surface area contributed by atoms with E-state index in [4.69, 9.17) is 9.16 Å². The minimum Gasteiger partial charge on any atom is -0.482 e. The number of rotatable bonds is 6. The van der Waals surface area contributed by atoms with Crippen LogP contribution in [0.25, 0.3) is 0 Å². The molecule has 0 unspecified atom stereocenters. The molecule has 0 bridgehead atoms. The lowest BCUT2D eigenvalue weighted by Gasteiger charge is -2.22. The van der Waals surface area contributed by atoms with E-state index in [1.807, 2.05) is 12.1 Å². The Morgan fingerprint density at radius 1 is 1.24 bits per heavy atom. The van der Waals surface area contributed by atoms with Gasteiger partial charge in [-0.2, -0.15) is 0 Å². The van der Waals surface area contributed by atoms with Gasteiger partial charge in [0.1, 0.15) is 5.75 Å². The quantitative estimate of drug-likeness (QED) is 0.598. The van der Waals surface area contributed by atoms with Crippen LogP contribution in [-0.4, -0.2) is 28.7 Å². The van der Waals surface area contributed by atoms with Crippen LogP contribution >= 0.6 is 0 Å². The Kier molecular flexibility index (Phi) is 6.42. The second-order valence-corrected chi connectivity index (χ2v) is 8.73. The first kappa shape index (κ1) is 17.7. The van der Waals surface area contributed by atoms with Gasteiger partial charge in [-0.05, 0) is 36.2 Å². The van der Waals surface area contributed by atoms with Crippen LogP contribution in [0, 0.1) is 0 Å². The molecule has 0 heterocycles. The summed E-state index contributed by atoms with van der Waals surface area (Å²) in [7, 11) is 0.238. The molecule has 0 atom stereocenters. The van der Waals surface area contributed by atoms with Crippen molar-refractivity contribution in [3.8, 4) is 5.75 Å². The van der Waals surface area contributed by atoms with Gasteiger partial charge in [-0.1, -0.05) is 26.8 Å². The molecule has 0 fully saturated rings. The molecule has 4 nitrogen and oxygen atoms in total. The van der Waals surface area contributed by atoms with Crippen molar-refractivity contribution in [1.29, 1.82) is 0 Å². The van der Waals surface area contributed by atoms with Crippen molar-refractivity contribution in [1.82, 2.24) is 0 Å². The normalized spacial score (nSPS) is 11.6. The second kappa shape index (κ2) is 7.61. The summed E-state index contributed by atoms with van der Waals surface area (Å²) in [6.45, 7) is 11.2. The molecule has 1 aromatic rings. The predicted molar refractivity (Wildman–Crippen MR) is 86.3 cm³/mol. The summed E-state index contributed by atoms with van der Waals surface area (Å²) in [5.74, 6) is 0.294. The van der Waals surface area contributed by atoms with E-state index in [-0.39, 0.29) is 18.0 Å². The third kappa shape index (κ3) is 5.89. The summed E-state index contributed by atoms with van der Waals surface area (Å²) in [6, 6.07) is 6.04. The van der Waals surface area contributed by atoms with Crippen LogP contribution in [0.3, 0.4) is 0 Å². The zero-order valence-corrected chi connectivity index (χ0v) is 15.0. The van der Waals surface area contributed by atoms with Gasteiger partial charge in [-0.15, -0.1) is 0 Å². The molecule has 0 aliphatic heterocycles. The van der Waals surface area contributed by atoms with E-state index in [9.17, 15) is 4.79 Å². The Bertz CT molecular complexity index is 478. The number of carbonyl (C=O) groups excluding carboxylic acids is 1. The number of hydrogen-bond acceptors (Lipinski definition) is 4. The Morgan fingerprint density at radius 2 is 1.90 bits per heavy atom. The number of ether oxygens (including phenoxy) is 2. The first-order valence-corrected chi connectivity index (χ1v) is 9.96. The Labute approximate surface area is 129 Å². The van der Waals surface area contributed by atoms with E-state index in [0.29, 0.717) is 12.4 Å². The van der Waals surface area contributed by atoms with Crippen molar-refractivity contribution < 1.29 is 18.7 Å². The zero-order valence-electron chi connectivity index (χ0n) is 13.9. The molecular weight excluding hydrogens is 284 g/mol. The first-order valence-electron chi connectivity index (χ1n) is 7.18. The molecule has 21 heavy (non-hydrogen) atoms. The van der Waals surface area contributed by atoms with Crippen molar-refractivity contribution in [3.05, 3.63) is 29.3 Å². The maximum Gasteiger partial charge on any atom is 0.343 e. The number of benzene rings is 1. The van der Waals surface area contributed by atoms with Gasteiger partial charge in [0, 0.05) is 5.56 Å². The van der Waals surface area contributed by atoms with Gasteiger partial charge in [0.05, 0.1) is 13.7 Å². The molecule has 0 N–H and O–H groups in total. The smallest absolute Gasteiger partial charge is 0.343 e. The standard InChI is InChI=1S/C16H26O4Si/c1-16(2,3)13-7-8-14(19-11-15(17)18-4)12(9-13)10-20-21(5)6/h7-9,21H,10-11H2,1-6H3. The molecule has 0 aliphatic rings. The fraction of sp³-hybridized carbons (Fsp3) is 0.562. The molecule has 118 valence electrons. The molecule has 1 aromatic carbocycles. The molecule has 0 amide bonds. The highest BCUT2D eigenvalue weighted by Gasteiger charge is 2.17. The largest absolute Gasteiger partial charge is 0.482 e. The Morgan fingerprint density at radius 3 is 2.43 bits per heavy atom.